The van der Waals surface area contributed by atoms with Crippen LogP contribution in [0.5, 0.6) is 0 Å². The molecule has 1 heterocycles. The molecule has 39 heavy (non-hydrogen) atoms. The van der Waals surface area contributed by atoms with Crippen LogP contribution in [0.3, 0.4) is 0 Å². The van der Waals surface area contributed by atoms with Gasteiger partial charge in [0, 0.05) is 23.7 Å². The predicted octanol–water partition coefficient (Wildman–Crippen LogP) is 3.31. The standard InChI is InChI=1S/C30H40N4O5/c1-5-30(37)13-10-24-22-7-6-19-14-20(8-11-28(19,2)23(22)9-12-29(24,30)3)34-39-17-26(35)33-25(27(36)38-4)15-21-16-31-18-32-21/h1,14,16,18,22-25,37H,6-13,15,17H2,2-4H3,(H,31,32)(H,33,35)/b34-20-/t22-,23+,24+,25-,28+,29+,30-/m1/s1. The summed E-state index contributed by atoms with van der Waals surface area (Å²) >= 11 is 0. The molecule has 0 aliphatic heterocycles. The van der Waals surface area contributed by atoms with Crippen LogP contribution in [0, 0.1) is 40.9 Å². The summed E-state index contributed by atoms with van der Waals surface area (Å²) in [6, 6.07) is -0.847. The molecular weight excluding hydrogens is 496 g/mol. The summed E-state index contributed by atoms with van der Waals surface area (Å²) < 4.78 is 4.82. The van der Waals surface area contributed by atoms with Gasteiger partial charge >= 0.3 is 5.97 Å². The number of ether oxygens (including phenoxy) is 1. The van der Waals surface area contributed by atoms with E-state index in [-0.39, 0.29) is 23.9 Å². The van der Waals surface area contributed by atoms with Crippen LogP contribution in [0.1, 0.15) is 70.9 Å². The third-order valence-electron chi connectivity index (χ3n) is 10.5. The molecule has 4 aliphatic carbocycles. The Morgan fingerprint density at radius 2 is 2.05 bits per heavy atom. The SMILES string of the molecule is C#C[C@@]1(O)CC[C@H]2[C@@H]3CCC4=C/C(=N\OCC(=O)N[C@H](Cc5cnc[nH]5)C(=O)OC)CC[C@]4(C)[C@H]3CC[C@@]21C. The number of amides is 1. The molecule has 210 valence electrons. The molecule has 1 aromatic heterocycles. The first-order chi connectivity index (χ1) is 18.6. The normalized spacial score (nSPS) is 36.9. The number of methoxy groups -OCH3 is 1. The van der Waals surface area contributed by atoms with E-state index in [0.717, 1.165) is 50.7 Å². The van der Waals surface area contributed by atoms with Gasteiger partial charge in [-0.3, -0.25) is 4.79 Å². The molecule has 9 heteroatoms. The third kappa shape index (κ3) is 4.77. The average Bonchev–Trinajstić information content (AvgIpc) is 3.53. The molecule has 3 fully saturated rings. The van der Waals surface area contributed by atoms with Crippen LogP contribution < -0.4 is 5.32 Å². The number of hydrogen-bond donors (Lipinski definition) is 3. The topological polar surface area (TPSA) is 126 Å². The van der Waals surface area contributed by atoms with Crippen LogP contribution in [0.2, 0.25) is 0 Å². The van der Waals surface area contributed by atoms with Gasteiger partial charge in [0.2, 0.25) is 0 Å². The number of oxime groups is 1. The van der Waals surface area contributed by atoms with Gasteiger partial charge in [-0.1, -0.05) is 30.5 Å². The van der Waals surface area contributed by atoms with Gasteiger partial charge in [-0.2, -0.15) is 0 Å². The van der Waals surface area contributed by atoms with E-state index < -0.39 is 23.5 Å². The molecule has 0 unspecified atom stereocenters. The van der Waals surface area contributed by atoms with Crippen LogP contribution in [0.25, 0.3) is 0 Å². The zero-order chi connectivity index (χ0) is 27.8. The lowest BCUT2D eigenvalue weighted by molar-refractivity contribution is -0.145. The van der Waals surface area contributed by atoms with E-state index in [1.54, 1.807) is 6.20 Å². The highest BCUT2D eigenvalue weighted by atomic mass is 16.6. The lowest BCUT2D eigenvalue weighted by Gasteiger charge is -2.58. The number of aromatic amines is 1. The molecule has 1 amide bonds. The number of rotatable bonds is 7. The van der Waals surface area contributed by atoms with Crippen molar-refractivity contribution >= 4 is 17.6 Å². The Hall–Kier alpha value is -3.12. The maximum absolute atomic E-state index is 12.5. The number of hydrogen-bond acceptors (Lipinski definition) is 7. The number of fused-ring (bicyclic) bond motifs is 5. The highest BCUT2D eigenvalue weighted by molar-refractivity contribution is 5.96. The molecule has 3 N–H and O–H groups in total. The number of carbonyl (C=O) groups is 2. The van der Waals surface area contributed by atoms with Crippen molar-refractivity contribution in [3.05, 3.63) is 29.9 Å². The van der Waals surface area contributed by atoms with Gasteiger partial charge in [0.25, 0.3) is 5.91 Å². The number of allylic oxidation sites excluding steroid dienone is 2. The molecule has 5 rings (SSSR count). The molecule has 0 radical (unpaired) electrons. The second-order valence-electron chi connectivity index (χ2n) is 12.3. The van der Waals surface area contributed by atoms with E-state index in [0.29, 0.717) is 29.9 Å². The summed E-state index contributed by atoms with van der Waals surface area (Å²) in [5.74, 6) is 3.40. The van der Waals surface area contributed by atoms with E-state index in [1.165, 1.54) is 19.0 Å². The quantitative estimate of drug-likeness (QED) is 0.279. The Morgan fingerprint density at radius 3 is 2.77 bits per heavy atom. The van der Waals surface area contributed by atoms with E-state index >= 15 is 0 Å². The molecule has 0 aromatic carbocycles. The van der Waals surface area contributed by atoms with Crippen molar-refractivity contribution in [2.75, 3.05) is 13.7 Å². The summed E-state index contributed by atoms with van der Waals surface area (Å²) in [6.07, 6.45) is 19.0. The van der Waals surface area contributed by atoms with Crippen LogP contribution in [0.4, 0.5) is 0 Å². The first-order valence-electron chi connectivity index (χ1n) is 14.1. The van der Waals surface area contributed by atoms with Crippen molar-refractivity contribution in [1.82, 2.24) is 15.3 Å². The third-order valence-corrected chi connectivity index (χ3v) is 10.5. The minimum Gasteiger partial charge on any atom is -0.467 e. The van der Waals surface area contributed by atoms with E-state index in [4.69, 9.17) is 16.0 Å². The second kappa shape index (κ2) is 10.5. The van der Waals surface area contributed by atoms with Crippen molar-refractivity contribution in [1.29, 1.82) is 0 Å². The van der Waals surface area contributed by atoms with Crippen molar-refractivity contribution < 1.29 is 24.3 Å². The Morgan fingerprint density at radius 1 is 1.26 bits per heavy atom. The highest BCUT2D eigenvalue weighted by Gasteiger charge is 2.63. The zero-order valence-electron chi connectivity index (χ0n) is 23.2. The van der Waals surface area contributed by atoms with Crippen molar-refractivity contribution in [2.24, 2.45) is 33.7 Å². The van der Waals surface area contributed by atoms with Crippen molar-refractivity contribution in [2.45, 2.75) is 83.3 Å². The number of H-pyrrole nitrogens is 1. The lowest BCUT2D eigenvalue weighted by Crippen LogP contribution is -2.54. The molecule has 4 aliphatic rings. The van der Waals surface area contributed by atoms with E-state index in [1.807, 2.05) is 0 Å². The summed E-state index contributed by atoms with van der Waals surface area (Å²) in [4.78, 5) is 36.9. The Bertz CT molecular complexity index is 1200. The smallest absolute Gasteiger partial charge is 0.328 e. The van der Waals surface area contributed by atoms with Crippen molar-refractivity contribution in [3.8, 4) is 12.3 Å². The summed E-state index contributed by atoms with van der Waals surface area (Å²) in [5.41, 5.74) is 1.91. The fraction of sp³-hybridized carbons (Fsp3) is 0.667. The Kier molecular flexibility index (Phi) is 7.36. The molecule has 0 bridgehead atoms. The molecular formula is C30H40N4O5. The van der Waals surface area contributed by atoms with Crippen LogP contribution in [-0.2, 0) is 25.6 Å². The highest BCUT2D eigenvalue weighted by Crippen LogP contribution is 2.67. The lowest BCUT2D eigenvalue weighted by atomic mass is 9.46. The first kappa shape index (κ1) is 27.4. The number of esters is 1. The monoisotopic (exact) mass is 536 g/mol. The minimum atomic E-state index is -0.981. The van der Waals surface area contributed by atoms with Crippen molar-refractivity contribution in [3.63, 3.8) is 0 Å². The number of nitrogens with zero attached hydrogens (tertiary/aromatic N) is 2. The Balaban J connectivity index is 1.20. The van der Waals surface area contributed by atoms with Gasteiger partial charge in [-0.15, -0.1) is 6.42 Å². The molecule has 0 spiro atoms. The molecule has 1 aromatic rings. The molecule has 0 saturated heterocycles. The van der Waals surface area contributed by atoms with E-state index in [2.05, 4.69) is 46.3 Å². The van der Waals surface area contributed by atoms with Crippen LogP contribution in [-0.4, -0.2) is 58.0 Å². The maximum atomic E-state index is 12.5. The molecule has 7 atom stereocenters. The van der Waals surface area contributed by atoms with Gasteiger partial charge in [0.1, 0.15) is 11.6 Å². The number of imidazole rings is 1. The van der Waals surface area contributed by atoms with E-state index in [9.17, 15) is 14.7 Å². The predicted molar refractivity (Wildman–Crippen MR) is 145 cm³/mol. The summed E-state index contributed by atoms with van der Waals surface area (Å²) in [5, 5.41) is 18.2. The fourth-order valence-corrected chi connectivity index (χ4v) is 8.26. The van der Waals surface area contributed by atoms with Gasteiger partial charge in [-0.05, 0) is 80.6 Å². The largest absolute Gasteiger partial charge is 0.467 e. The molecule has 3 saturated carbocycles. The van der Waals surface area contributed by atoms with Crippen LogP contribution in [0.15, 0.2) is 29.3 Å². The average molecular weight is 537 g/mol. The van der Waals surface area contributed by atoms with Gasteiger partial charge in [0.05, 0.1) is 19.1 Å². The summed E-state index contributed by atoms with van der Waals surface area (Å²) in [7, 11) is 1.28. The number of carbonyl (C=O) groups excluding carboxylic acids is 2. The second-order valence-corrected chi connectivity index (χ2v) is 12.3. The van der Waals surface area contributed by atoms with Gasteiger partial charge in [-0.25, -0.2) is 9.78 Å². The first-order valence-corrected chi connectivity index (χ1v) is 14.1. The Labute approximate surface area is 230 Å². The summed E-state index contributed by atoms with van der Waals surface area (Å²) in [6.45, 7) is 4.33. The number of aromatic nitrogens is 2. The van der Waals surface area contributed by atoms with Gasteiger partial charge < -0.3 is 25.0 Å². The number of terminal acetylenes is 1. The number of aliphatic hydroxyl groups is 1. The molecule has 9 nitrogen and oxygen atoms in total. The zero-order valence-corrected chi connectivity index (χ0v) is 23.2. The number of nitrogens with one attached hydrogen (secondary N) is 2. The van der Waals surface area contributed by atoms with Crippen LogP contribution >= 0.6 is 0 Å². The maximum Gasteiger partial charge on any atom is 0.328 e. The minimum absolute atomic E-state index is 0.109. The van der Waals surface area contributed by atoms with Gasteiger partial charge in [0.15, 0.2) is 6.61 Å². The fourth-order valence-electron chi connectivity index (χ4n) is 8.26.